The number of rotatable bonds is 4. The molecular weight excluding hydrogens is 308 g/mol. The van der Waals surface area contributed by atoms with Gasteiger partial charge in [0.2, 0.25) is 0 Å². The SMILES string of the molecule is COC(=O)c1c(C)[nH]c(-c2csc(Cc3ccccc3)n2)c1C. The molecule has 4 nitrogen and oxygen atoms in total. The summed E-state index contributed by atoms with van der Waals surface area (Å²) < 4.78 is 4.85. The number of aromatic amines is 1. The molecule has 2 aromatic heterocycles. The van der Waals surface area contributed by atoms with Crippen molar-refractivity contribution in [2.75, 3.05) is 7.11 Å². The number of ether oxygens (including phenoxy) is 1. The molecule has 0 spiro atoms. The van der Waals surface area contributed by atoms with E-state index in [9.17, 15) is 4.79 Å². The van der Waals surface area contributed by atoms with Gasteiger partial charge in [0.05, 0.1) is 29.1 Å². The van der Waals surface area contributed by atoms with Gasteiger partial charge in [-0.2, -0.15) is 0 Å². The van der Waals surface area contributed by atoms with Crippen molar-refractivity contribution in [3.8, 4) is 11.4 Å². The smallest absolute Gasteiger partial charge is 0.339 e. The van der Waals surface area contributed by atoms with Gasteiger partial charge in [0.15, 0.2) is 0 Å². The molecule has 0 aliphatic rings. The summed E-state index contributed by atoms with van der Waals surface area (Å²) in [4.78, 5) is 19.9. The molecule has 0 unspecified atom stereocenters. The predicted octanol–water partition coefficient (Wildman–Crippen LogP) is 4.13. The molecule has 1 aromatic carbocycles. The van der Waals surface area contributed by atoms with Crippen molar-refractivity contribution >= 4 is 17.3 Å². The lowest BCUT2D eigenvalue weighted by Crippen LogP contribution is -2.03. The molecular formula is C18H18N2O2S. The zero-order chi connectivity index (χ0) is 16.4. The van der Waals surface area contributed by atoms with Crippen molar-refractivity contribution in [2.24, 2.45) is 0 Å². The van der Waals surface area contributed by atoms with Crippen LogP contribution in [-0.4, -0.2) is 23.0 Å². The molecule has 23 heavy (non-hydrogen) atoms. The van der Waals surface area contributed by atoms with Crippen molar-refractivity contribution in [1.82, 2.24) is 9.97 Å². The standard InChI is InChI=1S/C18H18N2O2S/c1-11-16(18(21)22-3)12(2)19-17(11)14-10-23-15(20-14)9-13-7-5-4-6-8-13/h4-8,10,19H,9H2,1-3H3. The number of nitrogens with one attached hydrogen (secondary N) is 1. The second kappa shape index (κ2) is 6.38. The number of hydrogen-bond acceptors (Lipinski definition) is 4. The Morgan fingerprint density at radius 1 is 1.26 bits per heavy atom. The maximum Gasteiger partial charge on any atom is 0.339 e. The van der Waals surface area contributed by atoms with Gasteiger partial charge in [0, 0.05) is 17.5 Å². The Bertz CT molecular complexity index is 834. The van der Waals surface area contributed by atoms with Gasteiger partial charge in [-0.25, -0.2) is 9.78 Å². The summed E-state index contributed by atoms with van der Waals surface area (Å²) in [5.74, 6) is -0.317. The zero-order valence-corrected chi connectivity index (χ0v) is 14.2. The minimum absolute atomic E-state index is 0.317. The number of nitrogens with zero attached hydrogens (tertiary/aromatic N) is 1. The normalized spacial score (nSPS) is 10.7. The topological polar surface area (TPSA) is 55.0 Å². The lowest BCUT2D eigenvalue weighted by atomic mass is 10.1. The number of hydrogen-bond donors (Lipinski definition) is 1. The second-order valence-corrected chi connectivity index (χ2v) is 6.35. The van der Waals surface area contributed by atoms with Gasteiger partial charge < -0.3 is 9.72 Å². The first kappa shape index (κ1) is 15.5. The van der Waals surface area contributed by atoms with Crippen molar-refractivity contribution in [3.63, 3.8) is 0 Å². The molecule has 1 N–H and O–H groups in total. The van der Waals surface area contributed by atoms with Crippen LogP contribution >= 0.6 is 11.3 Å². The summed E-state index contributed by atoms with van der Waals surface area (Å²) in [6.45, 7) is 3.79. The summed E-state index contributed by atoms with van der Waals surface area (Å²) in [6, 6.07) is 10.3. The largest absolute Gasteiger partial charge is 0.465 e. The molecule has 0 aliphatic heterocycles. The van der Waals surface area contributed by atoms with E-state index in [0.29, 0.717) is 5.56 Å². The predicted molar refractivity (Wildman–Crippen MR) is 92.0 cm³/mol. The van der Waals surface area contributed by atoms with Gasteiger partial charge in [-0.3, -0.25) is 0 Å². The van der Waals surface area contributed by atoms with Crippen LogP contribution in [0.3, 0.4) is 0 Å². The third-order valence-corrected chi connectivity index (χ3v) is 4.68. The molecule has 0 saturated heterocycles. The van der Waals surface area contributed by atoms with Crippen LogP contribution < -0.4 is 0 Å². The Labute approximate surface area is 139 Å². The third kappa shape index (κ3) is 3.05. The molecule has 3 rings (SSSR count). The fourth-order valence-corrected chi connectivity index (χ4v) is 3.51. The Morgan fingerprint density at radius 2 is 2.00 bits per heavy atom. The molecule has 5 heteroatoms. The zero-order valence-electron chi connectivity index (χ0n) is 13.3. The van der Waals surface area contributed by atoms with Crippen LogP contribution in [0.1, 0.15) is 32.2 Å². The average molecular weight is 326 g/mol. The van der Waals surface area contributed by atoms with Crippen molar-refractivity contribution in [2.45, 2.75) is 20.3 Å². The Morgan fingerprint density at radius 3 is 2.70 bits per heavy atom. The fourth-order valence-electron chi connectivity index (χ4n) is 2.69. The van der Waals surface area contributed by atoms with Crippen LogP contribution in [0.15, 0.2) is 35.7 Å². The number of thiazole rings is 1. The van der Waals surface area contributed by atoms with Gasteiger partial charge in [-0.15, -0.1) is 11.3 Å². The third-order valence-electron chi connectivity index (χ3n) is 3.83. The van der Waals surface area contributed by atoms with Crippen LogP contribution in [0.25, 0.3) is 11.4 Å². The summed E-state index contributed by atoms with van der Waals surface area (Å²) in [5, 5.41) is 3.08. The van der Waals surface area contributed by atoms with E-state index in [4.69, 9.17) is 9.72 Å². The van der Waals surface area contributed by atoms with Crippen molar-refractivity contribution in [3.05, 3.63) is 63.1 Å². The number of carbonyl (C=O) groups excluding carboxylic acids is 1. The highest BCUT2D eigenvalue weighted by molar-refractivity contribution is 7.10. The minimum Gasteiger partial charge on any atom is -0.465 e. The molecule has 118 valence electrons. The highest BCUT2D eigenvalue weighted by atomic mass is 32.1. The quantitative estimate of drug-likeness (QED) is 0.733. The summed E-state index contributed by atoms with van der Waals surface area (Å²) >= 11 is 1.63. The van der Waals surface area contributed by atoms with Crippen LogP contribution in [0.2, 0.25) is 0 Å². The first-order chi connectivity index (χ1) is 11.1. The summed E-state index contributed by atoms with van der Waals surface area (Å²) in [5.41, 5.74) is 5.28. The molecule has 0 saturated carbocycles. The molecule has 0 bridgehead atoms. The van der Waals surface area contributed by atoms with E-state index in [1.807, 2.05) is 37.4 Å². The molecule has 2 heterocycles. The number of esters is 1. The molecule has 0 radical (unpaired) electrons. The van der Waals surface area contributed by atoms with E-state index in [1.165, 1.54) is 12.7 Å². The van der Waals surface area contributed by atoms with Gasteiger partial charge in [-0.1, -0.05) is 30.3 Å². The average Bonchev–Trinajstić information content (AvgIpc) is 3.12. The molecule has 3 aromatic rings. The highest BCUT2D eigenvalue weighted by Gasteiger charge is 2.20. The van der Waals surface area contributed by atoms with Gasteiger partial charge in [0.1, 0.15) is 0 Å². The second-order valence-electron chi connectivity index (χ2n) is 5.41. The highest BCUT2D eigenvalue weighted by Crippen LogP contribution is 2.29. The molecule has 0 atom stereocenters. The number of methoxy groups -OCH3 is 1. The Kier molecular flexibility index (Phi) is 4.30. The molecule has 0 fully saturated rings. The van der Waals surface area contributed by atoms with E-state index in [1.54, 1.807) is 11.3 Å². The Balaban J connectivity index is 1.90. The van der Waals surface area contributed by atoms with Crippen molar-refractivity contribution in [1.29, 1.82) is 0 Å². The van der Waals surface area contributed by atoms with E-state index in [2.05, 4.69) is 17.1 Å². The maximum absolute atomic E-state index is 11.9. The van der Waals surface area contributed by atoms with E-state index >= 15 is 0 Å². The first-order valence-electron chi connectivity index (χ1n) is 7.36. The van der Waals surface area contributed by atoms with Crippen molar-refractivity contribution < 1.29 is 9.53 Å². The number of aryl methyl sites for hydroxylation is 1. The van der Waals surface area contributed by atoms with E-state index < -0.39 is 0 Å². The Hall–Kier alpha value is -2.40. The van der Waals surface area contributed by atoms with E-state index in [0.717, 1.165) is 34.1 Å². The number of aromatic nitrogens is 2. The van der Waals surface area contributed by atoms with Crippen LogP contribution in [-0.2, 0) is 11.2 Å². The number of benzene rings is 1. The summed E-state index contributed by atoms with van der Waals surface area (Å²) in [6.07, 6.45) is 0.814. The number of carbonyl (C=O) groups is 1. The fraction of sp³-hybridized carbons (Fsp3) is 0.222. The maximum atomic E-state index is 11.9. The van der Waals surface area contributed by atoms with Crippen LogP contribution in [0, 0.1) is 13.8 Å². The monoisotopic (exact) mass is 326 g/mol. The van der Waals surface area contributed by atoms with E-state index in [-0.39, 0.29) is 5.97 Å². The number of H-pyrrole nitrogens is 1. The lowest BCUT2D eigenvalue weighted by molar-refractivity contribution is 0.0599. The van der Waals surface area contributed by atoms with Gasteiger partial charge in [0.25, 0.3) is 0 Å². The van der Waals surface area contributed by atoms with Gasteiger partial charge in [-0.05, 0) is 25.0 Å². The first-order valence-corrected chi connectivity index (χ1v) is 8.24. The molecule has 0 amide bonds. The van der Waals surface area contributed by atoms with Crippen LogP contribution in [0.5, 0.6) is 0 Å². The molecule has 0 aliphatic carbocycles. The van der Waals surface area contributed by atoms with Crippen LogP contribution in [0.4, 0.5) is 0 Å². The lowest BCUT2D eigenvalue weighted by Gasteiger charge is -1.99. The summed E-state index contributed by atoms with van der Waals surface area (Å²) in [7, 11) is 1.40. The minimum atomic E-state index is -0.317. The van der Waals surface area contributed by atoms with Gasteiger partial charge >= 0.3 is 5.97 Å².